The Bertz CT molecular complexity index is 607. The molecule has 18 heavy (non-hydrogen) atoms. The lowest BCUT2D eigenvalue weighted by Gasteiger charge is -2.08. The molecule has 2 aromatic carbocycles. The summed E-state index contributed by atoms with van der Waals surface area (Å²) in [4.78, 5) is 0. The number of nitrogens with zero attached hydrogens (tertiary/aromatic N) is 1. The van der Waals surface area contributed by atoms with E-state index in [2.05, 4.69) is 0 Å². The van der Waals surface area contributed by atoms with Gasteiger partial charge in [0, 0.05) is 10.6 Å². The SMILES string of the molecule is N#Cc1ccc(COc2ccccc2F)c(Cl)c1. The molecular weight excluding hydrogens is 253 g/mol. The number of hydrogen-bond donors (Lipinski definition) is 0. The Morgan fingerprint density at radius 1 is 1.22 bits per heavy atom. The van der Waals surface area contributed by atoms with Crippen LogP contribution in [0.15, 0.2) is 42.5 Å². The van der Waals surface area contributed by atoms with Crippen LogP contribution in [0.25, 0.3) is 0 Å². The Morgan fingerprint density at radius 2 is 2.00 bits per heavy atom. The second-order valence-corrected chi connectivity index (χ2v) is 4.04. The lowest BCUT2D eigenvalue weighted by atomic mass is 10.1. The first-order chi connectivity index (χ1) is 8.70. The molecule has 90 valence electrons. The van der Waals surface area contributed by atoms with Crippen LogP contribution in [0.5, 0.6) is 5.75 Å². The Hall–Kier alpha value is -2.05. The van der Waals surface area contributed by atoms with Gasteiger partial charge < -0.3 is 4.74 Å². The van der Waals surface area contributed by atoms with E-state index in [9.17, 15) is 4.39 Å². The van der Waals surface area contributed by atoms with Gasteiger partial charge in [-0.15, -0.1) is 0 Å². The zero-order valence-corrected chi connectivity index (χ0v) is 10.1. The van der Waals surface area contributed by atoms with E-state index in [1.54, 1.807) is 36.4 Å². The number of halogens is 2. The summed E-state index contributed by atoms with van der Waals surface area (Å²) in [6, 6.07) is 13.1. The molecule has 0 saturated heterocycles. The van der Waals surface area contributed by atoms with Crippen LogP contribution in [0.3, 0.4) is 0 Å². The van der Waals surface area contributed by atoms with Crippen molar-refractivity contribution in [2.75, 3.05) is 0 Å². The molecule has 0 aliphatic rings. The summed E-state index contributed by atoms with van der Waals surface area (Å²) in [5.74, 6) is -0.236. The Labute approximate surface area is 109 Å². The largest absolute Gasteiger partial charge is 0.486 e. The first kappa shape index (κ1) is 12.4. The number of ether oxygens (including phenoxy) is 1. The van der Waals surface area contributed by atoms with Crippen molar-refractivity contribution in [2.24, 2.45) is 0 Å². The number of benzene rings is 2. The molecule has 2 aromatic rings. The molecule has 0 amide bonds. The third kappa shape index (κ3) is 2.79. The minimum atomic E-state index is -0.415. The maximum Gasteiger partial charge on any atom is 0.165 e. The molecule has 0 unspecified atom stereocenters. The average Bonchev–Trinajstić information content (AvgIpc) is 2.39. The topological polar surface area (TPSA) is 33.0 Å². The quantitative estimate of drug-likeness (QED) is 0.839. The Kier molecular flexibility index (Phi) is 3.81. The van der Waals surface area contributed by atoms with E-state index >= 15 is 0 Å². The van der Waals surface area contributed by atoms with E-state index in [4.69, 9.17) is 21.6 Å². The third-order valence-corrected chi connectivity index (χ3v) is 2.75. The highest BCUT2D eigenvalue weighted by Crippen LogP contribution is 2.21. The van der Waals surface area contributed by atoms with Gasteiger partial charge in [0.25, 0.3) is 0 Å². The summed E-state index contributed by atoms with van der Waals surface area (Å²) >= 11 is 5.99. The summed E-state index contributed by atoms with van der Waals surface area (Å²) < 4.78 is 18.6. The van der Waals surface area contributed by atoms with E-state index < -0.39 is 5.82 Å². The molecule has 2 nitrogen and oxygen atoms in total. The fourth-order valence-electron chi connectivity index (χ4n) is 1.45. The van der Waals surface area contributed by atoms with Crippen molar-refractivity contribution >= 4 is 11.6 Å². The Morgan fingerprint density at radius 3 is 2.67 bits per heavy atom. The van der Waals surface area contributed by atoms with Crippen LogP contribution in [0, 0.1) is 17.1 Å². The maximum atomic E-state index is 13.3. The van der Waals surface area contributed by atoms with Gasteiger partial charge in [-0.3, -0.25) is 0 Å². The molecule has 0 atom stereocenters. The first-order valence-corrected chi connectivity index (χ1v) is 5.64. The van der Waals surface area contributed by atoms with Crippen molar-refractivity contribution in [1.29, 1.82) is 5.26 Å². The summed E-state index contributed by atoms with van der Waals surface area (Å²) in [6.45, 7) is 0.158. The van der Waals surface area contributed by atoms with E-state index in [1.807, 2.05) is 6.07 Å². The van der Waals surface area contributed by atoms with Gasteiger partial charge in [-0.25, -0.2) is 4.39 Å². The Balaban J connectivity index is 2.12. The van der Waals surface area contributed by atoms with Crippen molar-refractivity contribution in [3.8, 4) is 11.8 Å². The highest BCUT2D eigenvalue weighted by atomic mass is 35.5. The summed E-state index contributed by atoms with van der Waals surface area (Å²) in [5.41, 5.74) is 1.19. The van der Waals surface area contributed by atoms with Crippen molar-refractivity contribution in [3.63, 3.8) is 0 Å². The second-order valence-electron chi connectivity index (χ2n) is 3.64. The van der Waals surface area contributed by atoms with Crippen LogP contribution in [-0.4, -0.2) is 0 Å². The highest BCUT2D eigenvalue weighted by molar-refractivity contribution is 6.31. The van der Waals surface area contributed by atoms with E-state index in [-0.39, 0.29) is 12.4 Å². The predicted molar refractivity (Wildman–Crippen MR) is 66.9 cm³/mol. The average molecular weight is 262 g/mol. The minimum absolute atomic E-state index is 0.158. The molecular formula is C14H9ClFNO. The number of nitriles is 1. The molecule has 0 radical (unpaired) electrons. The maximum absolute atomic E-state index is 13.3. The molecule has 0 aromatic heterocycles. The molecule has 0 bridgehead atoms. The van der Waals surface area contributed by atoms with Crippen molar-refractivity contribution in [3.05, 3.63) is 64.4 Å². The van der Waals surface area contributed by atoms with Gasteiger partial charge in [-0.05, 0) is 24.3 Å². The number of para-hydroxylation sites is 1. The lowest BCUT2D eigenvalue weighted by molar-refractivity contribution is 0.290. The zero-order chi connectivity index (χ0) is 13.0. The smallest absolute Gasteiger partial charge is 0.165 e. The van der Waals surface area contributed by atoms with E-state index in [0.29, 0.717) is 16.1 Å². The van der Waals surface area contributed by atoms with Crippen LogP contribution in [0.4, 0.5) is 4.39 Å². The van der Waals surface area contributed by atoms with Crippen LogP contribution < -0.4 is 4.74 Å². The first-order valence-electron chi connectivity index (χ1n) is 5.26. The summed E-state index contributed by atoms with van der Waals surface area (Å²) in [5, 5.41) is 9.14. The fraction of sp³-hybridized carbons (Fsp3) is 0.0714. The monoisotopic (exact) mass is 261 g/mol. The van der Waals surface area contributed by atoms with Crippen LogP contribution in [0.2, 0.25) is 5.02 Å². The molecule has 2 rings (SSSR count). The molecule has 0 heterocycles. The standard InChI is InChI=1S/C14H9ClFNO/c15-12-7-10(8-17)5-6-11(12)9-18-14-4-2-1-3-13(14)16/h1-7H,9H2. The molecule has 0 aliphatic carbocycles. The summed E-state index contributed by atoms with van der Waals surface area (Å²) in [6.07, 6.45) is 0. The molecule has 0 N–H and O–H groups in total. The molecule has 0 fully saturated rings. The van der Waals surface area contributed by atoms with Crippen LogP contribution in [0.1, 0.15) is 11.1 Å². The summed E-state index contributed by atoms with van der Waals surface area (Å²) in [7, 11) is 0. The van der Waals surface area contributed by atoms with Gasteiger partial charge in [0.05, 0.1) is 11.6 Å². The molecule has 0 saturated carbocycles. The van der Waals surface area contributed by atoms with E-state index in [0.717, 1.165) is 0 Å². The lowest BCUT2D eigenvalue weighted by Crippen LogP contribution is -1.98. The van der Waals surface area contributed by atoms with Crippen molar-refractivity contribution in [2.45, 2.75) is 6.61 Å². The zero-order valence-electron chi connectivity index (χ0n) is 9.36. The normalized spacial score (nSPS) is 9.83. The number of hydrogen-bond acceptors (Lipinski definition) is 2. The van der Waals surface area contributed by atoms with Crippen molar-refractivity contribution in [1.82, 2.24) is 0 Å². The van der Waals surface area contributed by atoms with Gasteiger partial charge in [0.15, 0.2) is 11.6 Å². The second kappa shape index (κ2) is 5.52. The minimum Gasteiger partial charge on any atom is -0.486 e. The number of rotatable bonds is 3. The fourth-order valence-corrected chi connectivity index (χ4v) is 1.69. The van der Waals surface area contributed by atoms with Crippen molar-refractivity contribution < 1.29 is 9.13 Å². The third-order valence-electron chi connectivity index (χ3n) is 2.40. The van der Waals surface area contributed by atoms with Gasteiger partial charge in [0.2, 0.25) is 0 Å². The van der Waals surface area contributed by atoms with Crippen LogP contribution >= 0.6 is 11.6 Å². The van der Waals surface area contributed by atoms with Crippen LogP contribution in [-0.2, 0) is 6.61 Å². The van der Waals surface area contributed by atoms with Gasteiger partial charge in [-0.1, -0.05) is 29.8 Å². The van der Waals surface area contributed by atoms with Gasteiger partial charge >= 0.3 is 0 Å². The predicted octanol–water partition coefficient (Wildman–Crippen LogP) is 3.93. The van der Waals surface area contributed by atoms with Gasteiger partial charge in [-0.2, -0.15) is 5.26 Å². The highest BCUT2D eigenvalue weighted by Gasteiger charge is 2.05. The molecule has 0 aliphatic heterocycles. The molecule has 4 heteroatoms. The molecule has 0 spiro atoms. The van der Waals surface area contributed by atoms with Gasteiger partial charge in [0.1, 0.15) is 6.61 Å². The van der Waals surface area contributed by atoms with E-state index in [1.165, 1.54) is 6.07 Å².